The molecule has 186 valence electrons. The number of carbonyl (C=O) groups is 2. The molecule has 0 aliphatic carbocycles. The number of nitrogens with zero attached hydrogens (tertiary/aromatic N) is 2. The number of methoxy groups -OCH3 is 1. The molecule has 2 unspecified atom stereocenters. The van der Waals surface area contributed by atoms with Gasteiger partial charge in [-0.25, -0.2) is 13.2 Å². The first-order valence-corrected chi connectivity index (χ1v) is 12.9. The van der Waals surface area contributed by atoms with Crippen molar-refractivity contribution in [2.45, 2.75) is 45.6 Å². The van der Waals surface area contributed by atoms with Gasteiger partial charge < -0.3 is 14.0 Å². The van der Waals surface area contributed by atoms with E-state index in [0.29, 0.717) is 43.6 Å². The minimum atomic E-state index is -3.63. The number of ether oxygens (including phenoxy) is 2. The maximum atomic E-state index is 13.0. The van der Waals surface area contributed by atoms with Gasteiger partial charge in [-0.1, -0.05) is 13.8 Å². The van der Waals surface area contributed by atoms with E-state index >= 15 is 0 Å². The van der Waals surface area contributed by atoms with Gasteiger partial charge in [-0.3, -0.25) is 4.79 Å². The lowest BCUT2D eigenvalue weighted by atomic mass is 9.94. The van der Waals surface area contributed by atoms with Crippen molar-refractivity contribution < 1.29 is 27.5 Å². The summed E-state index contributed by atoms with van der Waals surface area (Å²) in [7, 11) is -2.01. The molecule has 0 radical (unpaired) electrons. The van der Waals surface area contributed by atoms with Gasteiger partial charge in [-0.2, -0.15) is 4.31 Å². The van der Waals surface area contributed by atoms with Gasteiger partial charge in [0.25, 0.3) is 0 Å². The zero-order valence-electron chi connectivity index (χ0n) is 20.5. The number of piperidine rings is 1. The van der Waals surface area contributed by atoms with Crippen LogP contribution in [0.25, 0.3) is 0 Å². The third-order valence-electron chi connectivity index (χ3n) is 6.29. The molecule has 0 saturated carbocycles. The van der Waals surface area contributed by atoms with Crippen LogP contribution in [0, 0.1) is 25.7 Å². The Morgan fingerprint density at radius 3 is 2.26 bits per heavy atom. The number of sulfonamides is 1. The van der Waals surface area contributed by atoms with Crippen molar-refractivity contribution in [1.29, 1.82) is 0 Å². The fourth-order valence-corrected chi connectivity index (χ4v) is 6.30. The number of rotatable bonds is 9. The number of ketones is 1. The molecule has 1 aliphatic heterocycles. The Hall–Kier alpha value is -2.49. The Morgan fingerprint density at radius 1 is 1.06 bits per heavy atom. The SMILES string of the molecule is COCCn1c(C)cc(C(=O)COC(=O)c2ccc(S(=O)(=O)N3CC(C)CC(C)C3)cc2)c1C. The van der Waals surface area contributed by atoms with E-state index in [-0.39, 0.29) is 16.2 Å². The third kappa shape index (κ3) is 5.76. The number of hydrogen-bond donors (Lipinski definition) is 0. The van der Waals surface area contributed by atoms with E-state index in [2.05, 4.69) is 13.8 Å². The maximum absolute atomic E-state index is 13.0. The Kier molecular flexibility index (Phi) is 8.33. The summed E-state index contributed by atoms with van der Waals surface area (Å²) in [6.45, 7) is 9.61. The lowest BCUT2D eigenvalue weighted by Gasteiger charge is -2.34. The van der Waals surface area contributed by atoms with Crippen LogP contribution in [0.15, 0.2) is 35.2 Å². The molecule has 0 N–H and O–H groups in total. The Morgan fingerprint density at radius 2 is 1.68 bits per heavy atom. The summed E-state index contributed by atoms with van der Waals surface area (Å²) in [5, 5.41) is 0. The van der Waals surface area contributed by atoms with Crippen LogP contribution in [-0.2, 0) is 26.0 Å². The third-order valence-corrected chi connectivity index (χ3v) is 8.14. The largest absolute Gasteiger partial charge is 0.454 e. The molecule has 2 aromatic rings. The van der Waals surface area contributed by atoms with Gasteiger partial charge in [0.05, 0.1) is 17.1 Å². The van der Waals surface area contributed by atoms with Crippen LogP contribution >= 0.6 is 0 Å². The van der Waals surface area contributed by atoms with Gasteiger partial charge >= 0.3 is 5.97 Å². The quantitative estimate of drug-likeness (QED) is 0.395. The molecule has 0 amide bonds. The molecular formula is C25H34N2O6S. The van der Waals surface area contributed by atoms with Crippen LogP contribution in [0.2, 0.25) is 0 Å². The average Bonchev–Trinajstić information content (AvgIpc) is 3.08. The summed E-state index contributed by atoms with van der Waals surface area (Å²) < 4.78 is 39.9. The van der Waals surface area contributed by atoms with Gasteiger partial charge in [0.2, 0.25) is 15.8 Å². The molecule has 2 heterocycles. The molecule has 1 aromatic carbocycles. The molecule has 8 nitrogen and oxygen atoms in total. The minimum Gasteiger partial charge on any atom is -0.454 e. The second-order valence-corrected chi connectivity index (χ2v) is 11.2. The maximum Gasteiger partial charge on any atom is 0.338 e. The van der Waals surface area contributed by atoms with E-state index in [9.17, 15) is 18.0 Å². The lowest BCUT2D eigenvalue weighted by Crippen LogP contribution is -2.42. The molecule has 1 saturated heterocycles. The molecule has 2 atom stereocenters. The number of hydrogen-bond acceptors (Lipinski definition) is 6. The Bertz CT molecular complexity index is 1130. The highest BCUT2D eigenvalue weighted by atomic mass is 32.2. The predicted molar refractivity (Wildman–Crippen MR) is 129 cm³/mol. The molecule has 1 fully saturated rings. The van der Waals surface area contributed by atoms with E-state index in [1.54, 1.807) is 13.2 Å². The van der Waals surface area contributed by atoms with Crippen LogP contribution < -0.4 is 0 Å². The predicted octanol–water partition coefficient (Wildman–Crippen LogP) is 3.46. The Labute approximate surface area is 201 Å². The van der Waals surface area contributed by atoms with E-state index in [1.165, 1.54) is 28.6 Å². The van der Waals surface area contributed by atoms with Gasteiger partial charge in [-0.05, 0) is 62.4 Å². The van der Waals surface area contributed by atoms with Crippen LogP contribution in [0.1, 0.15) is 52.4 Å². The average molecular weight is 491 g/mol. The molecule has 0 spiro atoms. The van der Waals surface area contributed by atoms with Crippen LogP contribution in [0.3, 0.4) is 0 Å². The topological polar surface area (TPSA) is 94.9 Å². The summed E-state index contributed by atoms with van der Waals surface area (Å²) in [6, 6.07) is 7.46. The molecule has 1 aliphatic rings. The van der Waals surface area contributed by atoms with Crippen molar-refractivity contribution in [3.63, 3.8) is 0 Å². The summed E-state index contributed by atoms with van der Waals surface area (Å²) in [6.07, 6.45) is 1.01. The first kappa shape index (κ1) is 26.1. The van der Waals surface area contributed by atoms with Crippen molar-refractivity contribution in [2.75, 3.05) is 33.4 Å². The Balaban J connectivity index is 1.64. The summed E-state index contributed by atoms with van der Waals surface area (Å²) in [4.78, 5) is 25.3. The standard InChI is InChI=1S/C25H34N2O6S/c1-17-12-18(2)15-26(14-17)34(30,31)22-8-6-21(7-9-22)25(29)33-16-24(28)23-13-19(3)27(20(23)4)10-11-32-5/h6-9,13,17-18H,10-12,14-16H2,1-5H3. The highest BCUT2D eigenvalue weighted by Crippen LogP contribution is 2.27. The fraction of sp³-hybridized carbons (Fsp3) is 0.520. The molecule has 34 heavy (non-hydrogen) atoms. The van der Waals surface area contributed by atoms with Crippen molar-refractivity contribution in [3.05, 3.63) is 52.8 Å². The molecule has 0 bridgehead atoms. The summed E-state index contributed by atoms with van der Waals surface area (Å²) in [5.74, 6) is -0.368. The van der Waals surface area contributed by atoms with Crippen molar-refractivity contribution in [1.82, 2.24) is 8.87 Å². The number of esters is 1. The van der Waals surface area contributed by atoms with Gasteiger partial charge in [0.15, 0.2) is 6.61 Å². The zero-order valence-corrected chi connectivity index (χ0v) is 21.4. The molecule has 1 aromatic heterocycles. The lowest BCUT2D eigenvalue weighted by molar-refractivity contribution is 0.0474. The van der Waals surface area contributed by atoms with Crippen molar-refractivity contribution in [2.24, 2.45) is 11.8 Å². The summed E-state index contributed by atoms with van der Waals surface area (Å²) >= 11 is 0. The first-order valence-electron chi connectivity index (χ1n) is 11.5. The molecule has 9 heteroatoms. The van der Waals surface area contributed by atoms with Crippen LogP contribution in [0.4, 0.5) is 0 Å². The van der Waals surface area contributed by atoms with E-state index in [0.717, 1.165) is 17.8 Å². The van der Waals surface area contributed by atoms with Gasteiger partial charge in [-0.15, -0.1) is 0 Å². The van der Waals surface area contributed by atoms with E-state index in [1.807, 2.05) is 18.4 Å². The van der Waals surface area contributed by atoms with Crippen molar-refractivity contribution >= 4 is 21.8 Å². The monoisotopic (exact) mass is 490 g/mol. The molecular weight excluding hydrogens is 456 g/mol. The first-order chi connectivity index (χ1) is 16.0. The number of Topliss-reactive ketones (excluding diaryl/α,β-unsaturated/α-hetero) is 1. The minimum absolute atomic E-state index is 0.143. The van der Waals surface area contributed by atoms with Crippen LogP contribution in [-0.4, -0.2) is 62.5 Å². The summed E-state index contributed by atoms with van der Waals surface area (Å²) in [5.41, 5.74) is 2.43. The van der Waals surface area contributed by atoms with Gasteiger partial charge in [0.1, 0.15) is 0 Å². The van der Waals surface area contributed by atoms with E-state index in [4.69, 9.17) is 9.47 Å². The normalized spacial score (nSPS) is 19.2. The van der Waals surface area contributed by atoms with Crippen LogP contribution in [0.5, 0.6) is 0 Å². The number of benzene rings is 1. The highest BCUT2D eigenvalue weighted by molar-refractivity contribution is 7.89. The fourth-order valence-electron chi connectivity index (χ4n) is 4.62. The smallest absolute Gasteiger partial charge is 0.338 e. The second-order valence-electron chi connectivity index (χ2n) is 9.22. The zero-order chi connectivity index (χ0) is 25.0. The van der Waals surface area contributed by atoms with E-state index < -0.39 is 22.6 Å². The number of aryl methyl sites for hydroxylation is 1. The highest BCUT2D eigenvalue weighted by Gasteiger charge is 2.31. The van der Waals surface area contributed by atoms with Crippen molar-refractivity contribution in [3.8, 4) is 0 Å². The number of carbonyl (C=O) groups excluding carboxylic acids is 2. The van der Waals surface area contributed by atoms with Gasteiger partial charge in [0, 0.05) is 43.7 Å². The molecule has 3 rings (SSSR count). The second kappa shape index (κ2) is 10.8. The number of aromatic nitrogens is 1.